The summed E-state index contributed by atoms with van der Waals surface area (Å²) in [6, 6.07) is 11.3. The average molecular weight is 240 g/mol. The van der Waals surface area contributed by atoms with E-state index in [2.05, 4.69) is 10.3 Å². The summed E-state index contributed by atoms with van der Waals surface area (Å²) in [6.07, 6.45) is 3.45. The van der Waals surface area contributed by atoms with E-state index < -0.39 is 0 Å². The molecule has 1 atom stereocenters. The fourth-order valence-electron chi connectivity index (χ4n) is 1.72. The number of aromatic nitrogens is 1. The maximum Gasteiger partial charge on any atom is 0.251 e. The highest BCUT2D eigenvalue weighted by Gasteiger charge is 2.10. The van der Waals surface area contributed by atoms with E-state index in [0.29, 0.717) is 5.56 Å². The van der Waals surface area contributed by atoms with Crippen LogP contribution in [0.1, 0.15) is 34.5 Å². The van der Waals surface area contributed by atoms with E-state index in [9.17, 15) is 4.79 Å². The van der Waals surface area contributed by atoms with E-state index in [-0.39, 0.29) is 11.9 Å². The first-order chi connectivity index (χ1) is 8.66. The Bertz CT molecular complexity index is 520. The molecule has 0 saturated carbocycles. The first kappa shape index (κ1) is 12.3. The predicted molar refractivity (Wildman–Crippen MR) is 71.3 cm³/mol. The lowest BCUT2D eigenvalue weighted by Gasteiger charge is -2.14. The first-order valence-electron chi connectivity index (χ1n) is 5.94. The molecule has 1 N–H and O–H groups in total. The number of benzene rings is 1. The van der Waals surface area contributed by atoms with Crippen LogP contribution in [-0.4, -0.2) is 10.9 Å². The Morgan fingerprint density at radius 2 is 1.72 bits per heavy atom. The standard InChI is InChI=1S/C15H16N2O/c1-11-3-5-14(6-4-11)15(18)17-12(2)13-7-9-16-10-8-13/h3-10,12H,1-2H3,(H,17,18)/t12-/m0/s1. The molecule has 0 aliphatic heterocycles. The second-order valence-corrected chi connectivity index (χ2v) is 4.34. The Morgan fingerprint density at radius 3 is 2.33 bits per heavy atom. The van der Waals surface area contributed by atoms with Crippen molar-refractivity contribution in [1.29, 1.82) is 0 Å². The summed E-state index contributed by atoms with van der Waals surface area (Å²) in [4.78, 5) is 16.0. The van der Waals surface area contributed by atoms with E-state index >= 15 is 0 Å². The van der Waals surface area contributed by atoms with Crippen molar-refractivity contribution in [3.63, 3.8) is 0 Å². The van der Waals surface area contributed by atoms with Crippen molar-refractivity contribution in [3.05, 3.63) is 65.5 Å². The molecule has 0 saturated heterocycles. The number of amides is 1. The van der Waals surface area contributed by atoms with Gasteiger partial charge in [0.1, 0.15) is 0 Å². The number of nitrogens with one attached hydrogen (secondary N) is 1. The number of carbonyl (C=O) groups is 1. The van der Waals surface area contributed by atoms with Crippen LogP contribution in [0.4, 0.5) is 0 Å². The first-order valence-corrected chi connectivity index (χ1v) is 5.94. The molecule has 0 spiro atoms. The highest BCUT2D eigenvalue weighted by Crippen LogP contribution is 2.11. The second kappa shape index (κ2) is 5.45. The van der Waals surface area contributed by atoms with Crippen molar-refractivity contribution >= 4 is 5.91 Å². The lowest BCUT2D eigenvalue weighted by molar-refractivity contribution is 0.0940. The Labute approximate surface area is 107 Å². The van der Waals surface area contributed by atoms with Crippen LogP contribution in [0.2, 0.25) is 0 Å². The van der Waals surface area contributed by atoms with Crippen molar-refractivity contribution in [2.24, 2.45) is 0 Å². The Balaban J connectivity index is 2.06. The van der Waals surface area contributed by atoms with Crippen LogP contribution in [0.25, 0.3) is 0 Å². The molecular weight excluding hydrogens is 224 g/mol. The summed E-state index contributed by atoms with van der Waals surface area (Å²) in [5.74, 6) is -0.0562. The molecule has 2 aromatic rings. The number of pyridine rings is 1. The SMILES string of the molecule is Cc1ccc(C(=O)N[C@@H](C)c2ccncc2)cc1. The number of hydrogen-bond donors (Lipinski definition) is 1. The van der Waals surface area contributed by atoms with Gasteiger partial charge in [0.15, 0.2) is 0 Å². The molecule has 0 aliphatic rings. The zero-order valence-corrected chi connectivity index (χ0v) is 10.6. The van der Waals surface area contributed by atoms with Crippen LogP contribution < -0.4 is 5.32 Å². The number of carbonyl (C=O) groups excluding carboxylic acids is 1. The topological polar surface area (TPSA) is 42.0 Å². The van der Waals surface area contributed by atoms with Gasteiger partial charge in [0.2, 0.25) is 0 Å². The predicted octanol–water partition coefficient (Wildman–Crippen LogP) is 2.88. The van der Waals surface area contributed by atoms with Crippen LogP contribution in [0.3, 0.4) is 0 Å². The van der Waals surface area contributed by atoms with Crippen LogP contribution in [0.15, 0.2) is 48.8 Å². The van der Waals surface area contributed by atoms with Gasteiger partial charge in [-0.2, -0.15) is 0 Å². The molecule has 0 bridgehead atoms. The summed E-state index contributed by atoms with van der Waals surface area (Å²) < 4.78 is 0. The molecule has 0 aliphatic carbocycles. The summed E-state index contributed by atoms with van der Waals surface area (Å²) in [5, 5.41) is 2.97. The van der Waals surface area contributed by atoms with Crippen molar-refractivity contribution in [2.75, 3.05) is 0 Å². The van der Waals surface area contributed by atoms with Crippen molar-refractivity contribution in [1.82, 2.24) is 10.3 Å². The molecule has 0 radical (unpaired) electrons. The summed E-state index contributed by atoms with van der Waals surface area (Å²) in [7, 11) is 0. The highest BCUT2D eigenvalue weighted by atomic mass is 16.1. The van der Waals surface area contributed by atoms with E-state index in [4.69, 9.17) is 0 Å². The molecular formula is C15H16N2O. The summed E-state index contributed by atoms with van der Waals surface area (Å²) >= 11 is 0. The average Bonchev–Trinajstić information content (AvgIpc) is 2.40. The van der Waals surface area contributed by atoms with Gasteiger partial charge in [-0.05, 0) is 43.7 Å². The van der Waals surface area contributed by atoms with Gasteiger partial charge in [0.05, 0.1) is 6.04 Å². The van der Waals surface area contributed by atoms with Gasteiger partial charge in [0, 0.05) is 18.0 Å². The van der Waals surface area contributed by atoms with Gasteiger partial charge in [-0.3, -0.25) is 9.78 Å². The molecule has 0 fully saturated rings. The largest absolute Gasteiger partial charge is 0.346 e. The third kappa shape index (κ3) is 2.94. The minimum absolute atomic E-state index is 0.0261. The molecule has 3 nitrogen and oxygen atoms in total. The molecule has 1 amide bonds. The minimum atomic E-state index is -0.0562. The number of nitrogens with zero attached hydrogens (tertiary/aromatic N) is 1. The van der Waals surface area contributed by atoms with Crippen molar-refractivity contribution in [2.45, 2.75) is 19.9 Å². The lowest BCUT2D eigenvalue weighted by atomic mass is 10.1. The molecule has 0 unspecified atom stereocenters. The molecule has 2 rings (SSSR count). The monoisotopic (exact) mass is 240 g/mol. The molecule has 1 aromatic heterocycles. The summed E-state index contributed by atoms with van der Waals surface area (Å²) in [5.41, 5.74) is 2.88. The van der Waals surface area contributed by atoms with Crippen molar-refractivity contribution < 1.29 is 4.79 Å². The zero-order chi connectivity index (χ0) is 13.0. The maximum atomic E-state index is 12.0. The maximum absolute atomic E-state index is 12.0. The summed E-state index contributed by atoms with van der Waals surface area (Å²) in [6.45, 7) is 3.96. The Hall–Kier alpha value is -2.16. The molecule has 1 aromatic carbocycles. The van der Waals surface area contributed by atoms with Gasteiger partial charge >= 0.3 is 0 Å². The molecule has 3 heteroatoms. The lowest BCUT2D eigenvalue weighted by Crippen LogP contribution is -2.26. The highest BCUT2D eigenvalue weighted by molar-refractivity contribution is 5.94. The van der Waals surface area contributed by atoms with Gasteiger partial charge in [-0.25, -0.2) is 0 Å². The fourth-order valence-corrected chi connectivity index (χ4v) is 1.72. The minimum Gasteiger partial charge on any atom is -0.346 e. The van der Waals surface area contributed by atoms with Gasteiger partial charge in [0.25, 0.3) is 5.91 Å². The van der Waals surface area contributed by atoms with Crippen molar-refractivity contribution in [3.8, 4) is 0 Å². The van der Waals surface area contributed by atoms with E-state index in [1.165, 1.54) is 0 Å². The smallest absolute Gasteiger partial charge is 0.251 e. The van der Waals surface area contributed by atoms with Gasteiger partial charge < -0.3 is 5.32 Å². The Kier molecular flexibility index (Phi) is 3.72. The van der Waals surface area contributed by atoms with E-state index in [1.54, 1.807) is 12.4 Å². The quantitative estimate of drug-likeness (QED) is 0.896. The zero-order valence-electron chi connectivity index (χ0n) is 10.6. The van der Waals surface area contributed by atoms with Gasteiger partial charge in [-0.15, -0.1) is 0 Å². The third-order valence-corrected chi connectivity index (χ3v) is 2.87. The van der Waals surface area contributed by atoms with E-state index in [0.717, 1.165) is 11.1 Å². The molecule has 92 valence electrons. The van der Waals surface area contributed by atoms with Crippen LogP contribution in [0, 0.1) is 6.92 Å². The van der Waals surface area contributed by atoms with Crippen LogP contribution >= 0.6 is 0 Å². The van der Waals surface area contributed by atoms with Crippen LogP contribution in [-0.2, 0) is 0 Å². The Morgan fingerprint density at radius 1 is 1.11 bits per heavy atom. The van der Waals surface area contributed by atoms with E-state index in [1.807, 2.05) is 50.2 Å². The number of hydrogen-bond acceptors (Lipinski definition) is 2. The molecule has 18 heavy (non-hydrogen) atoms. The van der Waals surface area contributed by atoms with Gasteiger partial charge in [-0.1, -0.05) is 17.7 Å². The fraction of sp³-hybridized carbons (Fsp3) is 0.200. The number of rotatable bonds is 3. The number of aryl methyl sites for hydroxylation is 1. The van der Waals surface area contributed by atoms with Crippen LogP contribution in [0.5, 0.6) is 0 Å². The second-order valence-electron chi connectivity index (χ2n) is 4.34. The molecule has 1 heterocycles. The third-order valence-electron chi connectivity index (χ3n) is 2.87. The normalized spacial score (nSPS) is 11.9.